The molecule has 3 rings (SSSR count). The minimum atomic E-state index is -0.631. The van der Waals surface area contributed by atoms with Gasteiger partial charge in [-0.15, -0.1) is 0 Å². The van der Waals surface area contributed by atoms with E-state index in [0.717, 1.165) is 22.9 Å². The van der Waals surface area contributed by atoms with Crippen LogP contribution in [0.4, 0.5) is 14.5 Å². The number of nitrogens with one attached hydrogen (secondary N) is 2. The second-order valence-electron chi connectivity index (χ2n) is 6.64. The van der Waals surface area contributed by atoms with Crippen molar-refractivity contribution < 1.29 is 13.6 Å². The Morgan fingerprint density at radius 1 is 0.964 bits per heavy atom. The molecule has 0 saturated carbocycles. The zero-order valence-corrected chi connectivity index (χ0v) is 15.6. The van der Waals surface area contributed by atoms with E-state index in [-0.39, 0.29) is 12.5 Å². The fourth-order valence-electron chi connectivity index (χ4n) is 3.01. The van der Waals surface area contributed by atoms with E-state index < -0.39 is 17.7 Å². The number of rotatable bonds is 7. The Labute approximate surface area is 163 Å². The highest BCUT2D eigenvalue weighted by atomic mass is 19.1. The molecule has 0 radical (unpaired) electrons. The van der Waals surface area contributed by atoms with Crippen LogP contribution in [0.25, 0.3) is 0 Å². The molecule has 0 aliphatic rings. The highest BCUT2D eigenvalue weighted by molar-refractivity contribution is 5.93. The summed E-state index contributed by atoms with van der Waals surface area (Å²) in [7, 11) is 0. The van der Waals surface area contributed by atoms with Crippen LogP contribution in [0.2, 0.25) is 0 Å². The maximum absolute atomic E-state index is 13.9. The van der Waals surface area contributed by atoms with Crippen LogP contribution in [0.5, 0.6) is 0 Å². The molecule has 0 bridgehead atoms. The van der Waals surface area contributed by atoms with Gasteiger partial charge in [0.1, 0.15) is 11.6 Å². The molecule has 1 amide bonds. The molecule has 0 aromatic heterocycles. The zero-order chi connectivity index (χ0) is 19.9. The van der Waals surface area contributed by atoms with E-state index in [9.17, 15) is 13.6 Å². The van der Waals surface area contributed by atoms with Gasteiger partial charge in [0.2, 0.25) is 5.91 Å². The summed E-state index contributed by atoms with van der Waals surface area (Å²) in [5.74, 6) is -1.48. The lowest BCUT2D eigenvalue weighted by molar-refractivity contribution is -0.115. The smallest absolute Gasteiger partial charge is 0.238 e. The van der Waals surface area contributed by atoms with Gasteiger partial charge in [-0.2, -0.15) is 0 Å². The van der Waals surface area contributed by atoms with Gasteiger partial charge in [-0.25, -0.2) is 8.78 Å². The second-order valence-corrected chi connectivity index (χ2v) is 6.64. The third-order valence-electron chi connectivity index (χ3n) is 4.53. The minimum Gasteiger partial charge on any atom is -0.325 e. The standard InChI is InChI=1S/C23H22F2N2O/c1-16(20-12-11-19(24)14-21(20)25)26-15-23(28)27-22-10-6-5-9-18(22)13-17-7-3-2-4-8-17/h2-12,14,16,26H,13,15H2,1H3,(H,27,28)/t16-/m1/s1. The lowest BCUT2D eigenvalue weighted by Gasteiger charge is -2.16. The molecule has 0 aliphatic carbocycles. The van der Waals surface area contributed by atoms with Crippen LogP contribution in [-0.4, -0.2) is 12.5 Å². The summed E-state index contributed by atoms with van der Waals surface area (Å²) < 4.78 is 26.9. The van der Waals surface area contributed by atoms with Crippen LogP contribution in [0.1, 0.15) is 29.7 Å². The Morgan fingerprint density at radius 3 is 2.43 bits per heavy atom. The average molecular weight is 380 g/mol. The maximum Gasteiger partial charge on any atom is 0.238 e. The molecule has 2 N–H and O–H groups in total. The topological polar surface area (TPSA) is 41.1 Å². The number of amides is 1. The number of carbonyl (C=O) groups is 1. The summed E-state index contributed by atoms with van der Waals surface area (Å²) in [5, 5.41) is 5.88. The lowest BCUT2D eigenvalue weighted by atomic mass is 10.0. The molecule has 0 saturated heterocycles. The summed E-state index contributed by atoms with van der Waals surface area (Å²) >= 11 is 0. The van der Waals surface area contributed by atoms with E-state index in [1.165, 1.54) is 12.1 Å². The van der Waals surface area contributed by atoms with Gasteiger partial charge in [0.15, 0.2) is 0 Å². The summed E-state index contributed by atoms with van der Waals surface area (Å²) in [4.78, 5) is 12.4. The predicted molar refractivity (Wildman–Crippen MR) is 107 cm³/mol. The molecule has 3 aromatic rings. The number of carbonyl (C=O) groups excluding carboxylic acids is 1. The Hall–Kier alpha value is -3.05. The van der Waals surface area contributed by atoms with Crippen molar-refractivity contribution in [2.75, 3.05) is 11.9 Å². The van der Waals surface area contributed by atoms with Crippen molar-refractivity contribution in [2.45, 2.75) is 19.4 Å². The minimum absolute atomic E-state index is 0.0116. The third-order valence-corrected chi connectivity index (χ3v) is 4.53. The average Bonchev–Trinajstić information content (AvgIpc) is 2.68. The monoisotopic (exact) mass is 380 g/mol. The lowest BCUT2D eigenvalue weighted by Crippen LogP contribution is -2.30. The van der Waals surface area contributed by atoms with Crippen LogP contribution in [0.15, 0.2) is 72.8 Å². The van der Waals surface area contributed by atoms with E-state index in [0.29, 0.717) is 12.0 Å². The van der Waals surface area contributed by atoms with Gasteiger partial charge in [0.05, 0.1) is 6.54 Å². The number of benzene rings is 3. The van der Waals surface area contributed by atoms with Crippen molar-refractivity contribution in [3.63, 3.8) is 0 Å². The fourth-order valence-corrected chi connectivity index (χ4v) is 3.01. The van der Waals surface area contributed by atoms with E-state index in [2.05, 4.69) is 10.6 Å². The number of para-hydroxylation sites is 1. The van der Waals surface area contributed by atoms with Gasteiger partial charge < -0.3 is 10.6 Å². The summed E-state index contributed by atoms with van der Waals surface area (Å²) in [5.41, 5.74) is 3.24. The van der Waals surface area contributed by atoms with Crippen molar-refractivity contribution in [2.24, 2.45) is 0 Å². The fraction of sp³-hybridized carbons (Fsp3) is 0.174. The molecular formula is C23H22F2N2O. The predicted octanol–water partition coefficient (Wildman–Crippen LogP) is 4.84. The highest BCUT2D eigenvalue weighted by Crippen LogP contribution is 2.20. The largest absolute Gasteiger partial charge is 0.325 e. The molecule has 144 valence electrons. The third kappa shape index (κ3) is 5.24. The van der Waals surface area contributed by atoms with Crippen molar-refractivity contribution in [3.8, 4) is 0 Å². The van der Waals surface area contributed by atoms with Crippen molar-refractivity contribution in [1.29, 1.82) is 0 Å². The Morgan fingerprint density at radius 2 is 1.68 bits per heavy atom. The molecule has 5 heteroatoms. The quantitative estimate of drug-likeness (QED) is 0.616. The molecule has 0 aliphatic heterocycles. The van der Waals surface area contributed by atoms with E-state index in [1.807, 2.05) is 54.6 Å². The number of anilines is 1. The van der Waals surface area contributed by atoms with Gasteiger partial charge >= 0.3 is 0 Å². The van der Waals surface area contributed by atoms with Crippen LogP contribution in [0.3, 0.4) is 0 Å². The van der Waals surface area contributed by atoms with Crippen molar-refractivity contribution in [1.82, 2.24) is 5.32 Å². The first kappa shape index (κ1) is 19.7. The van der Waals surface area contributed by atoms with Gasteiger partial charge in [0, 0.05) is 23.4 Å². The molecule has 1 atom stereocenters. The normalized spacial score (nSPS) is 11.8. The Kier molecular flexibility index (Phi) is 6.50. The summed E-state index contributed by atoms with van der Waals surface area (Å²) in [6.45, 7) is 1.74. The molecule has 3 nitrogen and oxygen atoms in total. The molecule has 0 fully saturated rings. The first-order valence-electron chi connectivity index (χ1n) is 9.13. The molecule has 0 unspecified atom stereocenters. The van der Waals surface area contributed by atoms with E-state index >= 15 is 0 Å². The van der Waals surface area contributed by atoms with Gasteiger partial charge in [-0.05, 0) is 36.6 Å². The van der Waals surface area contributed by atoms with E-state index in [1.54, 1.807) is 6.92 Å². The molecular weight excluding hydrogens is 358 g/mol. The first-order valence-corrected chi connectivity index (χ1v) is 9.13. The Balaban J connectivity index is 1.60. The van der Waals surface area contributed by atoms with E-state index in [4.69, 9.17) is 0 Å². The van der Waals surface area contributed by atoms with Gasteiger partial charge in [-0.1, -0.05) is 54.6 Å². The first-order chi connectivity index (χ1) is 13.5. The number of hydrogen-bond acceptors (Lipinski definition) is 2. The van der Waals surface area contributed by atoms with Crippen LogP contribution in [0, 0.1) is 11.6 Å². The summed E-state index contributed by atoms with van der Waals surface area (Å²) in [6.07, 6.45) is 0.710. The van der Waals surface area contributed by atoms with Crippen LogP contribution in [-0.2, 0) is 11.2 Å². The number of hydrogen-bond donors (Lipinski definition) is 2. The molecule has 0 spiro atoms. The molecule has 3 aromatic carbocycles. The number of halogens is 2. The Bertz CT molecular complexity index is 944. The zero-order valence-electron chi connectivity index (χ0n) is 15.6. The summed E-state index contributed by atoms with van der Waals surface area (Å²) in [6, 6.07) is 20.7. The maximum atomic E-state index is 13.9. The van der Waals surface area contributed by atoms with Crippen molar-refractivity contribution in [3.05, 3.63) is 101 Å². The van der Waals surface area contributed by atoms with Crippen LogP contribution >= 0.6 is 0 Å². The molecule has 28 heavy (non-hydrogen) atoms. The van der Waals surface area contributed by atoms with Crippen LogP contribution < -0.4 is 10.6 Å². The van der Waals surface area contributed by atoms with Gasteiger partial charge in [0.25, 0.3) is 0 Å². The highest BCUT2D eigenvalue weighted by Gasteiger charge is 2.13. The molecule has 0 heterocycles. The van der Waals surface area contributed by atoms with Crippen molar-refractivity contribution >= 4 is 11.6 Å². The SMILES string of the molecule is C[C@@H](NCC(=O)Nc1ccccc1Cc1ccccc1)c1ccc(F)cc1F. The second kappa shape index (κ2) is 9.24. The van der Waals surface area contributed by atoms with Gasteiger partial charge in [-0.3, -0.25) is 4.79 Å².